The van der Waals surface area contributed by atoms with Crippen molar-refractivity contribution in [1.82, 2.24) is 19.7 Å². The lowest BCUT2D eigenvalue weighted by Gasteiger charge is -2.19. The zero-order valence-corrected chi connectivity index (χ0v) is 17.7. The largest absolute Gasteiger partial charge is 0.508 e. The Morgan fingerprint density at radius 1 is 1.34 bits per heavy atom. The predicted molar refractivity (Wildman–Crippen MR) is 114 cm³/mol. The third-order valence-corrected chi connectivity index (χ3v) is 5.33. The summed E-state index contributed by atoms with van der Waals surface area (Å²) in [5.74, 6) is -0.225. The summed E-state index contributed by atoms with van der Waals surface area (Å²) in [6.07, 6.45) is 1.84. The summed E-state index contributed by atoms with van der Waals surface area (Å²) in [6, 6.07) is 3.00. The van der Waals surface area contributed by atoms with E-state index in [0.29, 0.717) is 39.3 Å². The van der Waals surface area contributed by atoms with Gasteiger partial charge in [0, 0.05) is 18.0 Å². The van der Waals surface area contributed by atoms with Gasteiger partial charge in [0.25, 0.3) is 12.3 Å². The van der Waals surface area contributed by atoms with Crippen molar-refractivity contribution in [3.8, 4) is 17.1 Å². The number of carbonyl (C=O) groups is 1. The van der Waals surface area contributed by atoms with E-state index in [2.05, 4.69) is 16.7 Å². The lowest BCUT2D eigenvalue weighted by atomic mass is 10.0. The predicted octanol–water partition coefficient (Wildman–Crippen LogP) is 4.17. The molecule has 8 nitrogen and oxygen atoms in total. The smallest absolute Gasteiger partial charge is 0.261 e. The molecule has 3 aromatic heterocycles. The van der Waals surface area contributed by atoms with E-state index in [0.717, 1.165) is 4.68 Å². The second kappa shape index (κ2) is 8.03. The van der Waals surface area contributed by atoms with Gasteiger partial charge in [-0.15, -0.1) is 0 Å². The van der Waals surface area contributed by atoms with Gasteiger partial charge < -0.3 is 9.84 Å². The van der Waals surface area contributed by atoms with E-state index < -0.39 is 19.0 Å². The molecule has 0 saturated heterocycles. The minimum atomic E-state index is -2.55. The Kier molecular flexibility index (Phi) is 5.37. The van der Waals surface area contributed by atoms with Crippen LogP contribution in [0.3, 0.4) is 0 Å². The van der Waals surface area contributed by atoms with Gasteiger partial charge in [-0.3, -0.25) is 14.4 Å². The first-order valence-corrected chi connectivity index (χ1v) is 9.79. The number of nitrogens with zero attached hydrogens (tertiary/aromatic N) is 5. The van der Waals surface area contributed by atoms with E-state index in [-0.39, 0.29) is 17.5 Å². The Morgan fingerprint density at radius 2 is 2.09 bits per heavy atom. The number of amides is 1. The van der Waals surface area contributed by atoms with E-state index in [1.807, 2.05) is 6.92 Å². The highest BCUT2D eigenvalue weighted by Crippen LogP contribution is 2.39. The number of halogens is 2. The number of aromatic nitrogens is 4. The third-order valence-electron chi connectivity index (χ3n) is 5.33. The summed E-state index contributed by atoms with van der Waals surface area (Å²) >= 11 is 0. The fourth-order valence-electron chi connectivity index (χ4n) is 3.87. The topological polar surface area (TPSA) is 93.4 Å². The van der Waals surface area contributed by atoms with Gasteiger partial charge in [0.15, 0.2) is 0 Å². The van der Waals surface area contributed by atoms with Crippen LogP contribution < -0.4 is 9.64 Å². The van der Waals surface area contributed by atoms with E-state index in [9.17, 15) is 18.7 Å². The van der Waals surface area contributed by atoms with Crippen LogP contribution in [0, 0.1) is 6.92 Å². The fraction of sp³-hybridized carbons (Fsp3) is 0.273. The van der Waals surface area contributed by atoms with Crippen LogP contribution in [0.15, 0.2) is 37.3 Å². The van der Waals surface area contributed by atoms with Crippen LogP contribution in [0.4, 0.5) is 14.5 Å². The number of fused-ring (bicyclic) bond motifs is 1. The number of aliphatic hydroxyl groups excluding tert-OH is 1. The molecular formula is C22H21F2N5O3. The zero-order valence-electron chi connectivity index (χ0n) is 17.7. The van der Waals surface area contributed by atoms with Crippen molar-refractivity contribution >= 4 is 17.4 Å². The van der Waals surface area contributed by atoms with E-state index in [4.69, 9.17) is 9.72 Å². The highest BCUT2D eigenvalue weighted by Gasteiger charge is 2.38. The van der Waals surface area contributed by atoms with Gasteiger partial charge in [-0.05, 0) is 31.5 Å². The van der Waals surface area contributed by atoms with Gasteiger partial charge in [0.2, 0.25) is 5.88 Å². The number of carbonyl (C=O) groups excluding carboxylic acids is 1. The lowest BCUT2D eigenvalue weighted by molar-refractivity contribution is 0.0992. The summed E-state index contributed by atoms with van der Waals surface area (Å²) in [5, 5.41) is 13.8. The van der Waals surface area contributed by atoms with Crippen molar-refractivity contribution in [1.29, 1.82) is 0 Å². The highest BCUT2D eigenvalue weighted by atomic mass is 19.3. The van der Waals surface area contributed by atoms with Gasteiger partial charge in [0.05, 0.1) is 47.6 Å². The van der Waals surface area contributed by atoms with Crippen LogP contribution in [0.1, 0.15) is 40.1 Å². The van der Waals surface area contributed by atoms with E-state index in [1.54, 1.807) is 25.3 Å². The minimum absolute atomic E-state index is 0.190. The van der Waals surface area contributed by atoms with Gasteiger partial charge in [-0.2, -0.15) is 5.10 Å². The van der Waals surface area contributed by atoms with Gasteiger partial charge >= 0.3 is 0 Å². The van der Waals surface area contributed by atoms with E-state index >= 15 is 0 Å². The lowest BCUT2D eigenvalue weighted by Crippen LogP contribution is -2.26. The number of aliphatic hydroxyl groups is 1. The molecule has 32 heavy (non-hydrogen) atoms. The average Bonchev–Trinajstić information content (AvgIpc) is 3.29. The van der Waals surface area contributed by atoms with Gasteiger partial charge in [-0.25, -0.2) is 18.7 Å². The van der Waals surface area contributed by atoms with Crippen molar-refractivity contribution in [2.75, 3.05) is 12.0 Å². The molecule has 4 heterocycles. The normalized spacial score (nSPS) is 15.4. The Morgan fingerprint density at radius 3 is 2.75 bits per heavy atom. The zero-order chi connectivity index (χ0) is 23.2. The summed E-state index contributed by atoms with van der Waals surface area (Å²) in [6.45, 7) is 6.61. The molecule has 0 fully saturated rings. The number of methoxy groups -OCH3 is 1. The maximum atomic E-state index is 13.2. The van der Waals surface area contributed by atoms with Crippen molar-refractivity contribution in [2.45, 2.75) is 32.9 Å². The number of rotatable bonds is 6. The van der Waals surface area contributed by atoms with Gasteiger partial charge in [-0.1, -0.05) is 6.58 Å². The summed E-state index contributed by atoms with van der Waals surface area (Å²) < 4.78 is 31.6. The molecule has 3 aromatic rings. The molecule has 0 saturated carbocycles. The molecule has 1 aliphatic rings. The molecule has 4 rings (SSSR count). The number of hydrogen-bond acceptors (Lipinski definition) is 6. The van der Waals surface area contributed by atoms with Crippen molar-refractivity contribution in [2.24, 2.45) is 0 Å². The number of pyridine rings is 2. The second-order valence-electron chi connectivity index (χ2n) is 7.47. The molecule has 1 N–H and O–H groups in total. The molecule has 166 valence electrons. The number of ether oxygens (including phenoxy) is 1. The number of anilines is 1. The van der Waals surface area contributed by atoms with Crippen molar-refractivity contribution in [3.63, 3.8) is 0 Å². The van der Waals surface area contributed by atoms with E-state index in [1.165, 1.54) is 24.4 Å². The van der Waals surface area contributed by atoms with Crippen molar-refractivity contribution < 1.29 is 23.4 Å². The van der Waals surface area contributed by atoms with Crippen LogP contribution in [0.25, 0.3) is 17.0 Å². The first-order chi connectivity index (χ1) is 15.2. The summed E-state index contributed by atoms with van der Waals surface area (Å²) in [7, 11) is 1.44. The standard InChI is InChI=1S/C22H21F2N5O3/c1-11-5-17(14-6-16(13(3)30)21(32-4)25-7-14)27-20-12(2)29(22(31)19(11)20)15-8-26-28(9-15)10-18(23)24/h5-9,12,18,30H,3,10H2,1-2,4H3. The van der Waals surface area contributed by atoms with Crippen LogP contribution in [-0.2, 0) is 6.54 Å². The third kappa shape index (κ3) is 3.57. The maximum absolute atomic E-state index is 13.2. The van der Waals surface area contributed by atoms with Crippen LogP contribution in [0.2, 0.25) is 0 Å². The molecule has 1 aliphatic heterocycles. The molecule has 1 atom stereocenters. The quantitative estimate of drug-likeness (QED) is 0.577. The number of aryl methyl sites for hydroxylation is 1. The highest BCUT2D eigenvalue weighted by molar-refractivity contribution is 6.11. The Hall–Kier alpha value is -3.82. The Balaban J connectivity index is 1.74. The second-order valence-corrected chi connectivity index (χ2v) is 7.47. The van der Waals surface area contributed by atoms with Crippen LogP contribution >= 0.6 is 0 Å². The number of hydrogen-bond donors (Lipinski definition) is 1. The van der Waals surface area contributed by atoms with Crippen LogP contribution in [0.5, 0.6) is 5.88 Å². The molecule has 0 aliphatic carbocycles. The monoisotopic (exact) mass is 441 g/mol. The molecule has 1 amide bonds. The maximum Gasteiger partial charge on any atom is 0.261 e. The first-order valence-electron chi connectivity index (χ1n) is 9.79. The molecule has 1 unspecified atom stereocenters. The van der Waals surface area contributed by atoms with Crippen molar-refractivity contribution in [3.05, 3.63) is 59.7 Å². The molecule has 0 aromatic carbocycles. The fourth-order valence-corrected chi connectivity index (χ4v) is 3.87. The minimum Gasteiger partial charge on any atom is -0.508 e. The summed E-state index contributed by atoms with van der Waals surface area (Å²) in [4.78, 5) is 23.6. The molecule has 0 radical (unpaired) electrons. The SMILES string of the molecule is C=C(O)c1cc(-c2cc(C)c3c(n2)C(C)N(c2cnn(CC(F)F)c2)C3=O)cnc1OC. The summed E-state index contributed by atoms with van der Waals surface area (Å²) in [5.41, 5.74) is 3.68. The average molecular weight is 441 g/mol. The Bertz CT molecular complexity index is 1220. The number of alkyl halides is 2. The van der Waals surface area contributed by atoms with Gasteiger partial charge in [0.1, 0.15) is 12.3 Å². The molecule has 0 spiro atoms. The first kappa shape index (κ1) is 21.4. The molecular weight excluding hydrogens is 420 g/mol. The van der Waals surface area contributed by atoms with Crippen LogP contribution in [-0.4, -0.2) is 44.3 Å². The molecule has 10 heteroatoms. The molecule has 0 bridgehead atoms. The Labute approximate surface area is 182 Å².